The minimum Gasteiger partial charge on any atom is -0.396 e. The van der Waals surface area contributed by atoms with E-state index in [0.717, 1.165) is 70.7 Å². The number of carbonyl (C=O) groups is 1. The van der Waals surface area contributed by atoms with Crippen molar-refractivity contribution in [3.05, 3.63) is 29.8 Å². The molecular weight excluding hydrogens is 290 g/mol. The van der Waals surface area contributed by atoms with Crippen molar-refractivity contribution in [1.29, 1.82) is 0 Å². The average Bonchev–Trinajstić information content (AvgIpc) is 2.59. The molecule has 0 unspecified atom stereocenters. The Morgan fingerprint density at radius 2 is 1.22 bits per heavy atom. The van der Waals surface area contributed by atoms with E-state index in [-0.39, 0.29) is 13.2 Å². The molecule has 0 heterocycles. The molecule has 0 aliphatic carbocycles. The van der Waals surface area contributed by atoms with Crippen LogP contribution in [0.3, 0.4) is 0 Å². The van der Waals surface area contributed by atoms with Gasteiger partial charge in [0.1, 0.15) is 6.29 Å². The van der Waals surface area contributed by atoms with Gasteiger partial charge in [0.05, 0.1) is 0 Å². The van der Waals surface area contributed by atoms with Crippen molar-refractivity contribution in [3.63, 3.8) is 0 Å². The summed E-state index contributed by atoms with van der Waals surface area (Å²) < 4.78 is 0. The summed E-state index contributed by atoms with van der Waals surface area (Å²) >= 11 is 0. The third kappa shape index (κ3) is 8.72. The normalized spacial score (nSPS) is 10.7. The molecule has 0 atom stereocenters. The predicted molar refractivity (Wildman–Crippen MR) is 95.2 cm³/mol. The number of aliphatic hydroxyl groups is 2. The number of aldehydes is 1. The summed E-state index contributed by atoms with van der Waals surface area (Å²) in [4.78, 5) is 13.2. The van der Waals surface area contributed by atoms with Crippen molar-refractivity contribution >= 4 is 12.0 Å². The fraction of sp³-hybridized carbons (Fsp3) is 0.632. The van der Waals surface area contributed by atoms with E-state index in [1.807, 2.05) is 24.3 Å². The first kappa shape index (κ1) is 19.7. The Labute approximate surface area is 140 Å². The molecule has 2 N–H and O–H groups in total. The Hall–Kier alpha value is -1.39. The molecule has 0 aliphatic rings. The number of rotatable bonds is 14. The number of benzene rings is 1. The van der Waals surface area contributed by atoms with E-state index in [9.17, 15) is 4.79 Å². The molecule has 0 saturated heterocycles. The summed E-state index contributed by atoms with van der Waals surface area (Å²) in [5, 5.41) is 17.7. The van der Waals surface area contributed by atoms with E-state index in [1.54, 1.807) is 0 Å². The van der Waals surface area contributed by atoms with E-state index < -0.39 is 0 Å². The molecule has 4 heteroatoms. The smallest absolute Gasteiger partial charge is 0.150 e. The van der Waals surface area contributed by atoms with Crippen LogP contribution in [0, 0.1) is 0 Å². The standard InChI is InChI=1S/C19H31NO3/c21-15-7-3-1-5-13-20(14-6-2-4-8-16-22)19-11-9-18(17-23)10-12-19/h9-12,17,21-22H,1-8,13-16H2. The zero-order valence-corrected chi connectivity index (χ0v) is 14.1. The molecule has 4 nitrogen and oxygen atoms in total. The fourth-order valence-electron chi connectivity index (χ4n) is 2.67. The number of unbranched alkanes of at least 4 members (excludes halogenated alkanes) is 6. The van der Waals surface area contributed by atoms with Crippen LogP contribution >= 0.6 is 0 Å². The third-order valence-electron chi connectivity index (χ3n) is 4.07. The van der Waals surface area contributed by atoms with Crippen LogP contribution < -0.4 is 4.90 Å². The van der Waals surface area contributed by atoms with Gasteiger partial charge < -0.3 is 15.1 Å². The molecule has 23 heavy (non-hydrogen) atoms. The Bertz CT molecular complexity index is 392. The topological polar surface area (TPSA) is 60.8 Å². The van der Waals surface area contributed by atoms with Gasteiger partial charge in [0.2, 0.25) is 0 Å². The fourth-order valence-corrected chi connectivity index (χ4v) is 2.67. The summed E-state index contributed by atoms with van der Waals surface area (Å²) in [6.07, 6.45) is 9.29. The van der Waals surface area contributed by atoms with Crippen molar-refractivity contribution < 1.29 is 15.0 Å². The molecule has 130 valence electrons. The second-order valence-corrected chi connectivity index (χ2v) is 5.97. The number of anilines is 1. The van der Waals surface area contributed by atoms with Crippen LogP contribution in [0.25, 0.3) is 0 Å². The van der Waals surface area contributed by atoms with Crippen LogP contribution in [0.4, 0.5) is 5.69 Å². The lowest BCUT2D eigenvalue weighted by atomic mass is 10.1. The van der Waals surface area contributed by atoms with E-state index in [2.05, 4.69) is 4.90 Å². The highest BCUT2D eigenvalue weighted by Crippen LogP contribution is 2.17. The molecule has 0 saturated carbocycles. The van der Waals surface area contributed by atoms with E-state index in [4.69, 9.17) is 10.2 Å². The van der Waals surface area contributed by atoms with E-state index >= 15 is 0 Å². The summed E-state index contributed by atoms with van der Waals surface area (Å²) in [6, 6.07) is 7.77. The van der Waals surface area contributed by atoms with Gasteiger partial charge in [-0.15, -0.1) is 0 Å². The molecule has 1 rings (SSSR count). The quantitative estimate of drug-likeness (QED) is 0.407. The van der Waals surface area contributed by atoms with Crippen LogP contribution in [-0.2, 0) is 0 Å². The molecule has 0 radical (unpaired) electrons. The highest BCUT2D eigenvalue weighted by molar-refractivity contribution is 5.75. The van der Waals surface area contributed by atoms with Crippen LogP contribution in [0.1, 0.15) is 61.7 Å². The van der Waals surface area contributed by atoms with Crippen molar-refractivity contribution in [3.8, 4) is 0 Å². The van der Waals surface area contributed by atoms with Crippen molar-refractivity contribution in [2.75, 3.05) is 31.2 Å². The molecule has 0 bridgehead atoms. The summed E-state index contributed by atoms with van der Waals surface area (Å²) in [5.41, 5.74) is 1.87. The van der Waals surface area contributed by atoms with Crippen molar-refractivity contribution in [2.24, 2.45) is 0 Å². The Balaban J connectivity index is 2.47. The van der Waals surface area contributed by atoms with Gasteiger partial charge in [0.15, 0.2) is 0 Å². The maximum absolute atomic E-state index is 10.8. The largest absolute Gasteiger partial charge is 0.396 e. The second kappa shape index (κ2) is 13.1. The third-order valence-corrected chi connectivity index (χ3v) is 4.07. The molecular formula is C19H31NO3. The average molecular weight is 321 g/mol. The molecule has 0 aliphatic heterocycles. The number of hydrogen-bond acceptors (Lipinski definition) is 4. The van der Waals surface area contributed by atoms with Crippen LogP contribution in [0.15, 0.2) is 24.3 Å². The second-order valence-electron chi connectivity index (χ2n) is 5.97. The minimum atomic E-state index is 0.279. The summed E-state index contributed by atoms with van der Waals surface area (Å²) in [7, 11) is 0. The molecule has 1 aromatic rings. The highest BCUT2D eigenvalue weighted by atomic mass is 16.3. The Morgan fingerprint density at radius 3 is 1.65 bits per heavy atom. The van der Waals surface area contributed by atoms with Crippen LogP contribution in [0.2, 0.25) is 0 Å². The lowest BCUT2D eigenvalue weighted by Crippen LogP contribution is -2.25. The maximum Gasteiger partial charge on any atom is 0.150 e. The lowest BCUT2D eigenvalue weighted by Gasteiger charge is -2.25. The van der Waals surface area contributed by atoms with Crippen molar-refractivity contribution in [1.82, 2.24) is 0 Å². The van der Waals surface area contributed by atoms with Gasteiger partial charge in [-0.25, -0.2) is 0 Å². The van der Waals surface area contributed by atoms with Crippen molar-refractivity contribution in [2.45, 2.75) is 51.4 Å². The van der Waals surface area contributed by atoms with Gasteiger partial charge in [-0.3, -0.25) is 4.79 Å². The number of hydrogen-bond donors (Lipinski definition) is 2. The van der Waals surface area contributed by atoms with Gasteiger partial charge in [0.25, 0.3) is 0 Å². The van der Waals surface area contributed by atoms with Gasteiger partial charge >= 0.3 is 0 Å². The molecule has 0 amide bonds. The SMILES string of the molecule is O=Cc1ccc(N(CCCCCCO)CCCCCCO)cc1. The molecule has 0 fully saturated rings. The van der Waals surface area contributed by atoms with Crippen LogP contribution in [-0.4, -0.2) is 42.8 Å². The zero-order valence-electron chi connectivity index (χ0n) is 14.1. The van der Waals surface area contributed by atoms with Gasteiger partial charge in [-0.05, 0) is 49.9 Å². The molecule has 1 aromatic carbocycles. The summed E-state index contributed by atoms with van der Waals surface area (Å²) in [6.45, 7) is 2.57. The van der Waals surface area contributed by atoms with E-state index in [1.165, 1.54) is 5.69 Å². The van der Waals surface area contributed by atoms with Crippen LogP contribution in [0.5, 0.6) is 0 Å². The van der Waals surface area contributed by atoms with E-state index in [0.29, 0.717) is 5.56 Å². The van der Waals surface area contributed by atoms with Gasteiger partial charge in [0, 0.05) is 37.6 Å². The summed E-state index contributed by atoms with van der Waals surface area (Å²) in [5.74, 6) is 0. The number of nitrogens with zero attached hydrogens (tertiary/aromatic N) is 1. The lowest BCUT2D eigenvalue weighted by molar-refractivity contribution is 0.112. The first-order chi connectivity index (χ1) is 11.3. The Kier molecular flexibility index (Phi) is 11.2. The zero-order chi connectivity index (χ0) is 16.8. The maximum atomic E-state index is 10.8. The number of carbonyl (C=O) groups excluding carboxylic acids is 1. The first-order valence-electron chi connectivity index (χ1n) is 8.83. The molecule has 0 aromatic heterocycles. The highest BCUT2D eigenvalue weighted by Gasteiger charge is 2.06. The predicted octanol–water partition coefficient (Wildman–Crippen LogP) is 3.41. The number of aliphatic hydroxyl groups excluding tert-OH is 2. The Morgan fingerprint density at radius 1 is 0.739 bits per heavy atom. The minimum absolute atomic E-state index is 0.279. The van der Waals surface area contributed by atoms with Gasteiger partial charge in [-0.1, -0.05) is 25.7 Å². The molecule has 0 spiro atoms. The first-order valence-corrected chi connectivity index (χ1v) is 8.83. The van der Waals surface area contributed by atoms with Gasteiger partial charge in [-0.2, -0.15) is 0 Å². The monoisotopic (exact) mass is 321 g/mol.